The Labute approximate surface area is 253 Å². The number of aromatic nitrogens is 3. The molecule has 0 atom stereocenters. The highest BCUT2D eigenvalue weighted by molar-refractivity contribution is 6.07. The number of hydrogen-bond donors (Lipinski definition) is 1. The first kappa shape index (κ1) is 29.9. The van der Waals surface area contributed by atoms with Gasteiger partial charge in [-0.1, -0.05) is 12.1 Å². The molecule has 12 heteroatoms. The van der Waals surface area contributed by atoms with Gasteiger partial charge in [-0.25, -0.2) is 4.98 Å². The molecular weight excluding hydrogens is 573 g/mol. The number of fused-ring (bicyclic) bond motifs is 1. The van der Waals surface area contributed by atoms with E-state index in [-0.39, 0.29) is 17.1 Å². The van der Waals surface area contributed by atoms with Gasteiger partial charge in [0.25, 0.3) is 5.91 Å². The van der Waals surface area contributed by atoms with E-state index in [1.807, 2.05) is 12.1 Å². The van der Waals surface area contributed by atoms with Crippen molar-refractivity contribution in [3.63, 3.8) is 0 Å². The number of halogens is 3. The third-order valence-corrected chi connectivity index (χ3v) is 8.25. The van der Waals surface area contributed by atoms with Crippen molar-refractivity contribution >= 4 is 22.5 Å². The van der Waals surface area contributed by atoms with Gasteiger partial charge in [-0.05, 0) is 76.1 Å². The minimum atomic E-state index is -4.59. The molecule has 0 saturated carbocycles. The fourth-order valence-corrected chi connectivity index (χ4v) is 6.12. The highest BCUT2D eigenvalue weighted by Crippen LogP contribution is 2.39. The highest BCUT2D eigenvalue weighted by atomic mass is 19.4. The van der Waals surface area contributed by atoms with Gasteiger partial charge >= 0.3 is 6.18 Å². The number of benzene rings is 2. The number of para-hydroxylation sites is 1. The Bertz CT molecular complexity index is 1660. The van der Waals surface area contributed by atoms with Crippen molar-refractivity contribution in [1.82, 2.24) is 24.3 Å². The zero-order valence-electron chi connectivity index (χ0n) is 24.8. The van der Waals surface area contributed by atoms with Gasteiger partial charge in [0.15, 0.2) is 5.75 Å². The molecule has 2 aromatic heterocycles. The number of alkyl halides is 3. The molecule has 0 bridgehead atoms. The van der Waals surface area contributed by atoms with E-state index in [0.717, 1.165) is 56.5 Å². The number of carbonyl (C=O) groups is 1. The van der Waals surface area contributed by atoms with Crippen LogP contribution in [0, 0.1) is 0 Å². The maximum absolute atomic E-state index is 13.9. The van der Waals surface area contributed by atoms with Gasteiger partial charge in [-0.2, -0.15) is 18.2 Å². The number of methoxy groups -OCH3 is 1. The molecule has 4 heterocycles. The van der Waals surface area contributed by atoms with E-state index in [2.05, 4.69) is 25.1 Å². The molecule has 2 aliphatic heterocycles. The molecule has 44 heavy (non-hydrogen) atoms. The maximum Gasteiger partial charge on any atom is 0.416 e. The first-order chi connectivity index (χ1) is 21.2. The molecule has 6 rings (SSSR count). The number of amides is 1. The van der Waals surface area contributed by atoms with E-state index < -0.39 is 17.6 Å². The van der Waals surface area contributed by atoms with Crippen LogP contribution in [-0.4, -0.2) is 63.5 Å². The Morgan fingerprint density at radius 1 is 0.977 bits per heavy atom. The second-order valence-electron chi connectivity index (χ2n) is 11.3. The summed E-state index contributed by atoms with van der Waals surface area (Å²) in [6.07, 6.45) is 1.40. The van der Waals surface area contributed by atoms with E-state index >= 15 is 0 Å². The summed E-state index contributed by atoms with van der Waals surface area (Å²) in [7, 11) is 3.11. The third kappa shape index (κ3) is 6.36. The molecule has 232 valence electrons. The molecule has 0 spiro atoms. The second kappa shape index (κ2) is 12.4. The highest BCUT2D eigenvalue weighted by Gasteiger charge is 2.33. The van der Waals surface area contributed by atoms with Crippen molar-refractivity contribution < 1.29 is 27.4 Å². The molecule has 9 nitrogen and oxygen atoms in total. The van der Waals surface area contributed by atoms with Crippen LogP contribution >= 0.6 is 0 Å². The molecule has 0 radical (unpaired) electrons. The summed E-state index contributed by atoms with van der Waals surface area (Å²) in [5.74, 6) is 1.18. The first-order valence-electron chi connectivity index (χ1n) is 14.8. The molecule has 0 aliphatic carbocycles. The van der Waals surface area contributed by atoms with Crippen molar-refractivity contribution in [3.8, 4) is 17.4 Å². The average molecular weight is 609 g/mol. The monoisotopic (exact) mass is 608 g/mol. The third-order valence-electron chi connectivity index (χ3n) is 8.25. The smallest absolute Gasteiger partial charge is 0.416 e. The Morgan fingerprint density at radius 2 is 1.68 bits per heavy atom. The summed E-state index contributed by atoms with van der Waals surface area (Å²) in [5, 5.41) is 3.43. The number of carbonyl (C=O) groups excluding carboxylic acids is 1. The Balaban J connectivity index is 1.29. The summed E-state index contributed by atoms with van der Waals surface area (Å²) < 4.78 is 55.2. The Kier molecular flexibility index (Phi) is 8.46. The minimum Gasteiger partial charge on any atom is -0.494 e. The summed E-state index contributed by atoms with van der Waals surface area (Å²) >= 11 is 0. The van der Waals surface area contributed by atoms with Crippen LogP contribution in [0.25, 0.3) is 10.9 Å². The summed E-state index contributed by atoms with van der Waals surface area (Å²) in [4.78, 5) is 27.0. The number of hydrogen-bond acceptors (Lipinski definition) is 7. The number of aryl methyl sites for hydroxylation is 1. The predicted octanol–water partition coefficient (Wildman–Crippen LogP) is 6.23. The van der Waals surface area contributed by atoms with Crippen LogP contribution in [0.15, 0.2) is 48.7 Å². The Morgan fingerprint density at radius 3 is 2.36 bits per heavy atom. The van der Waals surface area contributed by atoms with Gasteiger partial charge in [-0.15, -0.1) is 0 Å². The van der Waals surface area contributed by atoms with Crippen LogP contribution in [0.5, 0.6) is 17.4 Å². The van der Waals surface area contributed by atoms with E-state index in [4.69, 9.17) is 9.47 Å². The molecular formula is C32H35F3N6O3. The Hall–Kier alpha value is -4.16. The maximum atomic E-state index is 13.9. The summed E-state index contributed by atoms with van der Waals surface area (Å²) in [5.41, 5.74) is 0.387. The molecule has 0 unspecified atom stereocenters. The SMILES string of the molecule is COc1c(CN2CCCC2)cc(C(F)(F)F)cc1NC(=O)c1cc2cccc(Oc3ccnc(CN4CCCC4)n3)c2n1C. The van der Waals surface area contributed by atoms with Gasteiger partial charge < -0.3 is 19.4 Å². The van der Waals surface area contributed by atoms with Gasteiger partial charge in [0, 0.05) is 36.8 Å². The van der Waals surface area contributed by atoms with Crippen molar-refractivity contribution in [3.05, 3.63) is 71.3 Å². The number of ether oxygens (including phenoxy) is 2. The molecule has 1 amide bonds. The lowest BCUT2D eigenvalue weighted by Gasteiger charge is -2.21. The van der Waals surface area contributed by atoms with Crippen molar-refractivity contribution in [2.24, 2.45) is 7.05 Å². The van der Waals surface area contributed by atoms with E-state index in [1.165, 1.54) is 20.0 Å². The summed E-state index contributed by atoms with van der Waals surface area (Å²) in [6.45, 7) is 4.59. The zero-order valence-corrected chi connectivity index (χ0v) is 24.8. The molecule has 2 fully saturated rings. The van der Waals surface area contributed by atoms with E-state index in [1.54, 1.807) is 36.0 Å². The van der Waals surface area contributed by atoms with Gasteiger partial charge in [-0.3, -0.25) is 14.6 Å². The number of anilines is 1. The lowest BCUT2D eigenvalue weighted by molar-refractivity contribution is -0.137. The number of likely N-dealkylation sites (tertiary alicyclic amines) is 2. The number of rotatable bonds is 9. The van der Waals surface area contributed by atoms with Crippen LogP contribution in [0.2, 0.25) is 0 Å². The largest absolute Gasteiger partial charge is 0.494 e. The normalized spacial score (nSPS) is 16.1. The minimum absolute atomic E-state index is 0.0326. The zero-order chi connectivity index (χ0) is 30.8. The molecule has 1 N–H and O–H groups in total. The topological polar surface area (TPSA) is 84.8 Å². The van der Waals surface area contributed by atoms with E-state index in [0.29, 0.717) is 41.6 Å². The number of nitrogens with zero attached hydrogens (tertiary/aromatic N) is 5. The molecule has 2 saturated heterocycles. The van der Waals surface area contributed by atoms with Crippen LogP contribution in [0.1, 0.15) is 53.1 Å². The van der Waals surface area contributed by atoms with Crippen LogP contribution in [0.3, 0.4) is 0 Å². The molecule has 2 aromatic carbocycles. The van der Waals surface area contributed by atoms with Crippen LogP contribution in [-0.2, 0) is 26.3 Å². The van der Waals surface area contributed by atoms with Crippen molar-refractivity contribution in [1.29, 1.82) is 0 Å². The average Bonchev–Trinajstić information content (AvgIpc) is 3.76. The number of nitrogens with one attached hydrogen (secondary N) is 1. The summed E-state index contributed by atoms with van der Waals surface area (Å²) in [6, 6.07) is 10.8. The van der Waals surface area contributed by atoms with Crippen molar-refractivity contribution in [2.75, 3.05) is 38.6 Å². The van der Waals surface area contributed by atoms with Gasteiger partial charge in [0.05, 0.1) is 30.4 Å². The van der Waals surface area contributed by atoms with Crippen LogP contribution in [0.4, 0.5) is 18.9 Å². The van der Waals surface area contributed by atoms with Gasteiger partial charge in [0.1, 0.15) is 17.3 Å². The fourth-order valence-electron chi connectivity index (χ4n) is 6.12. The van der Waals surface area contributed by atoms with Gasteiger partial charge in [0.2, 0.25) is 5.88 Å². The molecule has 4 aromatic rings. The molecule has 2 aliphatic rings. The van der Waals surface area contributed by atoms with Crippen molar-refractivity contribution in [2.45, 2.75) is 44.9 Å². The van der Waals surface area contributed by atoms with E-state index in [9.17, 15) is 18.0 Å². The standard InChI is InChI=1S/C32H35F3N6O3/c1-39-25(31(42)37-24-18-23(32(33,34)35)16-22(30(24)43-2)19-40-12-3-4-13-40)17-21-8-7-9-26(29(21)39)44-28-10-11-36-27(38-28)20-41-14-5-6-15-41/h7-11,16-18H,3-6,12-15,19-20H2,1-2H3,(H,37,42). The second-order valence-corrected chi connectivity index (χ2v) is 11.3. The quantitative estimate of drug-likeness (QED) is 0.241. The lowest BCUT2D eigenvalue weighted by atomic mass is 10.1. The lowest BCUT2D eigenvalue weighted by Crippen LogP contribution is -2.21. The fraction of sp³-hybridized carbons (Fsp3) is 0.406. The predicted molar refractivity (Wildman–Crippen MR) is 160 cm³/mol. The van der Waals surface area contributed by atoms with Crippen LogP contribution < -0.4 is 14.8 Å². The first-order valence-corrected chi connectivity index (χ1v) is 14.8.